The molecule has 1 aliphatic rings. The van der Waals surface area contributed by atoms with E-state index in [2.05, 4.69) is 17.2 Å². The highest BCUT2D eigenvalue weighted by Gasteiger charge is 2.20. The number of rotatable bonds is 2. The summed E-state index contributed by atoms with van der Waals surface area (Å²) in [4.78, 5) is 13.4. The Morgan fingerprint density at radius 3 is 2.89 bits per heavy atom. The normalized spacial score (nSPS) is 22.4. The highest BCUT2D eigenvalue weighted by Crippen LogP contribution is 2.16. The van der Waals surface area contributed by atoms with Crippen LogP contribution in [0.15, 0.2) is 12.1 Å². The van der Waals surface area contributed by atoms with Gasteiger partial charge in [0.25, 0.3) is 5.91 Å². The van der Waals surface area contributed by atoms with Crippen molar-refractivity contribution in [2.45, 2.75) is 18.9 Å². The molecule has 0 aromatic carbocycles. The lowest BCUT2D eigenvalue weighted by Gasteiger charge is -2.22. The van der Waals surface area contributed by atoms with E-state index in [4.69, 9.17) is 5.11 Å². The Hall–Kier alpha value is -1.16. The van der Waals surface area contributed by atoms with Crippen molar-refractivity contribution < 1.29 is 14.1 Å². The second kappa shape index (κ2) is 6.85. The molecule has 1 amide bonds. The molecule has 1 saturated heterocycles. The van der Waals surface area contributed by atoms with Gasteiger partial charge >= 0.3 is 0 Å². The first-order valence-corrected chi connectivity index (χ1v) is 8.35. The molecule has 2 heterocycles. The average Bonchev–Trinajstić information content (AvgIpc) is 2.88. The summed E-state index contributed by atoms with van der Waals surface area (Å²) >= 11 is 1.31. The molecule has 0 spiro atoms. The van der Waals surface area contributed by atoms with E-state index in [1.807, 2.05) is 0 Å². The van der Waals surface area contributed by atoms with Crippen LogP contribution in [0.2, 0.25) is 0 Å². The molecule has 6 heteroatoms. The molecular weight excluding hydrogens is 282 g/mol. The van der Waals surface area contributed by atoms with E-state index >= 15 is 0 Å². The largest absolute Gasteiger partial charge is 0.384 e. The quantitative estimate of drug-likeness (QED) is 0.791. The maximum absolute atomic E-state index is 12.0. The van der Waals surface area contributed by atoms with Crippen molar-refractivity contribution in [3.05, 3.63) is 21.9 Å². The van der Waals surface area contributed by atoms with E-state index in [0.29, 0.717) is 16.4 Å². The second-order valence-electron chi connectivity index (χ2n) is 4.22. The van der Waals surface area contributed by atoms with Gasteiger partial charge in [0.05, 0.1) is 9.75 Å². The molecule has 1 fully saturated rings. The van der Waals surface area contributed by atoms with Crippen LogP contribution >= 0.6 is 11.3 Å². The summed E-state index contributed by atoms with van der Waals surface area (Å²) in [6.07, 6.45) is 1.56. The third-order valence-corrected chi connectivity index (χ3v) is 5.23. The number of thiophene rings is 1. The molecule has 0 saturated carbocycles. The van der Waals surface area contributed by atoms with E-state index in [-0.39, 0.29) is 18.6 Å². The number of aliphatic hydroxyl groups is 1. The first-order chi connectivity index (χ1) is 9.19. The van der Waals surface area contributed by atoms with Crippen molar-refractivity contribution in [1.29, 1.82) is 0 Å². The van der Waals surface area contributed by atoms with Crippen LogP contribution in [0, 0.1) is 11.8 Å². The van der Waals surface area contributed by atoms with Crippen LogP contribution in [0.25, 0.3) is 0 Å². The van der Waals surface area contributed by atoms with Crippen LogP contribution in [0.3, 0.4) is 0 Å². The van der Waals surface area contributed by atoms with Crippen LogP contribution in [0.4, 0.5) is 0 Å². The maximum Gasteiger partial charge on any atom is 0.261 e. The molecule has 1 aromatic heterocycles. The third kappa shape index (κ3) is 4.16. The van der Waals surface area contributed by atoms with Gasteiger partial charge < -0.3 is 10.4 Å². The maximum atomic E-state index is 12.0. The van der Waals surface area contributed by atoms with Crippen molar-refractivity contribution in [3.8, 4) is 11.8 Å². The number of hydrogen-bond donors (Lipinski definition) is 2. The predicted molar refractivity (Wildman–Crippen MR) is 76.6 cm³/mol. The monoisotopic (exact) mass is 297 g/mol. The fourth-order valence-electron chi connectivity index (χ4n) is 1.85. The van der Waals surface area contributed by atoms with Crippen molar-refractivity contribution in [2.75, 3.05) is 18.1 Å². The fourth-order valence-corrected chi connectivity index (χ4v) is 3.93. The molecule has 0 bridgehead atoms. The van der Waals surface area contributed by atoms with E-state index in [0.717, 1.165) is 17.7 Å². The Morgan fingerprint density at radius 2 is 2.21 bits per heavy atom. The molecular formula is C13H15NO3S2. The second-order valence-corrected chi connectivity index (χ2v) is 7.00. The molecule has 1 aliphatic heterocycles. The van der Waals surface area contributed by atoms with Crippen LogP contribution < -0.4 is 5.32 Å². The van der Waals surface area contributed by atoms with Crippen LogP contribution in [0.5, 0.6) is 0 Å². The first kappa shape index (κ1) is 14.3. The minimum atomic E-state index is -0.711. The number of aliphatic hydroxyl groups excluding tert-OH is 1. The standard InChI is InChI=1S/C13H15NO3S2/c15-7-1-2-11-3-4-12(18-11)13(16)14-10-5-8-19(17)9-6-10/h3-4,10,15H,5-9H2,(H,14,16). The molecule has 0 unspecified atom stereocenters. The van der Waals surface area contributed by atoms with Crippen molar-refractivity contribution >= 4 is 28.0 Å². The summed E-state index contributed by atoms with van der Waals surface area (Å²) < 4.78 is 11.2. The van der Waals surface area contributed by atoms with E-state index in [9.17, 15) is 9.00 Å². The summed E-state index contributed by atoms with van der Waals surface area (Å²) in [5, 5.41) is 11.6. The van der Waals surface area contributed by atoms with E-state index in [1.165, 1.54) is 11.3 Å². The fraction of sp³-hybridized carbons (Fsp3) is 0.462. The number of nitrogens with one attached hydrogen (secondary N) is 1. The van der Waals surface area contributed by atoms with Gasteiger partial charge in [0, 0.05) is 28.3 Å². The van der Waals surface area contributed by atoms with Gasteiger partial charge in [-0.05, 0) is 25.0 Å². The van der Waals surface area contributed by atoms with Crippen LogP contribution in [0.1, 0.15) is 27.4 Å². The lowest BCUT2D eigenvalue weighted by atomic mass is 10.1. The zero-order chi connectivity index (χ0) is 13.7. The van der Waals surface area contributed by atoms with Gasteiger partial charge in [-0.15, -0.1) is 11.3 Å². The summed E-state index contributed by atoms with van der Waals surface area (Å²) in [5.74, 6) is 6.57. The lowest BCUT2D eigenvalue weighted by molar-refractivity contribution is 0.0938. The van der Waals surface area contributed by atoms with Gasteiger partial charge in [-0.25, -0.2) is 0 Å². The lowest BCUT2D eigenvalue weighted by Crippen LogP contribution is -2.39. The molecule has 4 nitrogen and oxygen atoms in total. The summed E-state index contributed by atoms with van der Waals surface area (Å²) in [7, 11) is -0.711. The summed E-state index contributed by atoms with van der Waals surface area (Å²) in [6.45, 7) is -0.182. The Balaban J connectivity index is 1.92. The Labute approximate surface area is 118 Å². The van der Waals surface area contributed by atoms with Gasteiger partial charge in [0.2, 0.25) is 0 Å². The van der Waals surface area contributed by atoms with Gasteiger partial charge in [-0.3, -0.25) is 9.00 Å². The number of carbonyl (C=O) groups excluding carboxylic acids is 1. The zero-order valence-corrected chi connectivity index (χ0v) is 12.0. The first-order valence-electron chi connectivity index (χ1n) is 6.04. The summed E-state index contributed by atoms with van der Waals surface area (Å²) in [5.41, 5.74) is 0. The van der Waals surface area contributed by atoms with Crippen LogP contribution in [-0.2, 0) is 10.8 Å². The molecule has 102 valence electrons. The molecule has 19 heavy (non-hydrogen) atoms. The number of hydrogen-bond acceptors (Lipinski definition) is 4. The van der Waals surface area contributed by atoms with E-state index in [1.54, 1.807) is 12.1 Å². The van der Waals surface area contributed by atoms with Gasteiger partial charge in [0.1, 0.15) is 6.61 Å². The highest BCUT2D eigenvalue weighted by atomic mass is 32.2. The van der Waals surface area contributed by atoms with Crippen molar-refractivity contribution in [2.24, 2.45) is 0 Å². The van der Waals surface area contributed by atoms with Gasteiger partial charge in [-0.1, -0.05) is 11.8 Å². The molecule has 2 rings (SSSR count). The molecule has 0 radical (unpaired) electrons. The molecule has 0 atom stereocenters. The average molecular weight is 297 g/mol. The predicted octanol–water partition coefficient (Wildman–Crippen LogP) is 0.733. The minimum Gasteiger partial charge on any atom is -0.384 e. The number of carbonyl (C=O) groups is 1. The van der Waals surface area contributed by atoms with Crippen molar-refractivity contribution in [1.82, 2.24) is 5.32 Å². The third-order valence-electron chi connectivity index (χ3n) is 2.84. The van der Waals surface area contributed by atoms with E-state index < -0.39 is 10.8 Å². The topological polar surface area (TPSA) is 66.4 Å². The van der Waals surface area contributed by atoms with Crippen molar-refractivity contribution in [3.63, 3.8) is 0 Å². The van der Waals surface area contributed by atoms with Crippen LogP contribution in [-0.4, -0.2) is 39.4 Å². The number of amides is 1. The molecule has 1 aromatic rings. The van der Waals surface area contributed by atoms with Gasteiger partial charge in [0.15, 0.2) is 0 Å². The van der Waals surface area contributed by atoms with Gasteiger partial charge in [-0.2, -0.15) is 0 Å². The highest BCUT2D eigenvalue weighted by molar-refractivity contribution is 7.85. The Kier molecular flexibility index (Phi) is 5.14. The summed E-state index contributed by atoms with van der Waals surface area (Å²) in [6, 6.07) is 3.64. The SMILES string of the molecule is O=C(NC1CCS(=O)CC1)c1ccc(C#CCO)s1. The smallest absolute Gasteiger partial charge is 0.261 e. The zero-order valence-electron chi connectivity index (χ0n) is 10.3. The molecule has 0 aliphatic carbocycles. The Bertz CT molecular complexity index is 532. The Morgan fingerprint density at radius 1 is 1.47 bits per heavy atom. The minimum absolute atomic E-state index is 0.0975. The molecule has 2 N–H and O–H groups in total.